The maximum absolute atomic E-state index is 12.9. The fourth-order valence-corrected chi connectivity index (χ4v) is 5.78. The third kappa shape index (κ3) is 3.89. The molecule has 2 N–H and O–H groups in total. The normalized spacial score (nSPS) is 17.9. The Bertz CT molecular complexity index is 1290. The summed E-state index contributed by atoms with van der Waals surface area (Å²) in [6, 6.07) is 8.72. The lowest BCUT2D eigenvalue weighted by atomic mass is 9.98. The molecule has 1 saturated heterocycles. The minimum atomic E-state index is -3.52. The first-order chi connectivity index (χ1) is 15.4. The molecule has 2 aromatic heterocycles. The van der Waals surface area contributed by atoms with E-state index in [9.17, 15) is 13.2 Å². The lowest BCUT2D eigenvalue weighted by Gasteiger charge is -2.29. The predicted octanol–water partition coefficient (Wildman–Crippen LogP) is 1.95. The van der Waals surface area contributed by atoms with Crippen LogP contribution in [0.25, 0.3) is 11.4 Å². The molecule has 9 nitrogen and oxygen atoms in total. The van der Waals surface area contributed by atoms with E-state index in [4.69, 9.17) is 4.52 Å². The van der Waals surface area contributed by atoms with Crippen molar-refractivity contribution in [3.05, 3.63) is 63.4 Å². The van der Waals surface area contributed by atoms with Crippen molar-refractivity contribution >= 4 is 10.0 Å². The highest BCUT2D eigenvalue weighted by molar-refractivity contribution is 7.89. The van der Waals surface area contributed by atoms with Crippen molar-refractivity contribution in [3.63, 3.8) is 0 Å². The number of hydrogen-bond acceptors (Lipinski definition) is 7. The average Bonchev–Trinajstić information content (AvgIpc) is 3.29. The summed E-state index contributed by atoms with van der Waals surface area (Å²) in [5, 5.41) is 7.32. The second kappa shape index (κ2) is 8.27. The van der Waals surface area contributed by atoms with Crippen LogP contribution in [-0.2, 0) is 23.0 Å². The molecule has 168 valence electrons. The molecule has 0 atom stereocenters. The first-order valence-electron chi connectivity index (χ1n) is 10.8. The van der Waals surface area contributed by atoms with Gasteiger partial charge in [0.15, 0.2) is 0 Å². The monoisotopic (exact) mass is 455 g/mol. The Balaban J connectivity index is 1.30. The van der Waals surface area contributed by atoms with Crippen molar-refractivity contribution in [1.82, 2.24) is 24.7 Å². The fraction of sp³-hybridized carbons (Fsp3) is 0.409. The number of nitrogens with zero attached hydrogens (tertiary/aromatic N) is 3. The number of piperidine rings is 1. The van der Waals surface area contributed by atoms with Crippen LogP contribution in [0.2, 0.25) is 0 Å². The second-order valence-electron chi connectivity index (χ2n) is 8.39. The zero-order chi connectivity index (χ0) is 22.3. The van der Waals surface area contributed by atoms with Gasteiger partial charge >= 0.3 is 0 Å². The van der Waals surface area contributed by atoms with Crippen molar-refractivity contribution in [1.29, 1.82) is 0 Å². The third-order valence-electron chi connectivity index (χ3n) is 6.23. The zero-order valence-electron chi connectivity index (χ0n) is 17.8. The molecule has 2 aliphatic rings. The van der Waals surface area contributed by atoms with Crippen LogP contribution in [0.3, 0.4) is 0 Å². The standard InChI is InChI=1S/C22H25N5O4S/c1-14-2-4-17(5-3-14)32(29,30)27-10-7-15(8-11-27)22-25-20(26-31-22)18-12-16-13-23-9-6-19(16)24-21(18)28/h2-5,12,15,23H,6-11,13H2,1H3,(H,24,28). The van der Waals surface area contributed by atoms with Crippen LogP contribution in [-0.4, -0.2) is 47.5 Å². The SMILES string of the molecule is Cc1ccc(S(=O)(=O)N2CCC(c3nc(-c4cc5c([nH]c4=O)CCNC5)no3)CC2)cc1. The lowest BCUT2D eigenvalue weighted by molar-refractivity contribution is 0.271. The van der Waals surface area contributed by atoms with Gasteiger partial charge in [-0.25, -0.2) is 8.42 Å². The zero-order valence-corrected chi connectivity index (χ0v) is 18.6. The van der Waals surface area contributed by atoms with E-state index >= 15 is 0 Å². The highest BCUT2D eigenvalue weighted by Gasteiger charge is 2.32. The number of hydrogen-bond donors (Lipinski definition) is 2. The molecular formula is C22H25N5O4S. The third-order valence-corrected chi connectivity index (χ3v) is 8.14. The molecular weight excluding hydrogens is 430 g/mol. The van der Waals surface area contributed by atoms with Gasteiger partial charge in [0.1, 0.15) is 0 Å². The van der Waals surface area contributed by atoms with Crippen LogP contribution in [0.1, 0.15) is 41.5 Å². The Kier molecular flexibility index (Phi) is 5.44. The molecule has 0 spiro atoms. The number of benzene rings is 1. The van der Waals surface area contributed by atoms with E-state index < -0.39 is 10.0 Å². The van der Waals surface area contributed by atoms with E-state index in [1.165, 1.54) is 4.31 Å². The molecule has 4 heterocycles. The van der Waals surface area contributed by atoms with Crippen LogP contribution >= 0.6 is 0 Å². The first-order valence-corrected chi connectivity index (χ1v) is 12.2. The summed E-state index contributed by atoms with van der Waals surface area (Å²) in [7, 11) is -3.52. The molecule has 32 heavy (non-hydrogen) atoms. The lowest BCUT2D eigenvalue weighted by Crippen LogP contribution is -2.37. The Morgan fingerprint density at radius 3 is 2.66 bits per heavy atom. The van der Waals surface area contributed by atoms with E-state index in [0.717, 1.165) is 29.8 Å². The van der Waals surface area contributed by atoms with Crippen molar-refractivity contribution in [2.24, 2.45) is 0 Å². The minimum absolute atomic E-state index is 0.0425. The van der Waals surface area contributed by atoms with Gasteiger partial charge in [-0.15, -0.1) is 0 Å². The van der Waals surface area contributed by atoms with Gasteiger partial charge in [-0.3, -0.25) is 4.79 Å². The maximum atomic E-state index is 12.9. The van der Waals surface area contributed by atoms with Gasteiger partial charge in [0.2, 0.25) is 21.7 Å². The summed E-state index contributed by atoms with van der Waals surface area (Å²) in [5.41, 5.74) is 3.16. The average molecular weight is 456 g/mol. The van der Waals surface area contributed by atoms with Gasteiger partial charge in [-0.1, -0.05) is 22.9 Å². The number of rotatable bonds is 4. The fourth-order valence-electron chi connectivity index (χ4n) is 4.31. The van der Waals surface area contributed by atoms with Gasteiger partial charge in [0.05, 0.1) is 10.5 Å². The van der Waals surface area contributed by atoms with E-state index in [-0.39, 0.29) is 17.3 Å². The smallest absolute Gasteiger partial charge is 0.259 e. The molecule has 0 bridgehead atoms. The van der Waals surface area contributed by atoms with Crippen LogP contribution in [0.5, 0.6) is 0 Å². The number of nitrogens with one attached hydrogen (secondary N) is 2. The molecule has 0 amide bonds. The van der Waals surface area contributed by atoms with Crippen molar-refractivity contribution in [2.75, 3.05) is 19.6 Å². The molecule has 0 aliphatic carbocycles. The summed E-state index contributed by atoms with van der Waals surface area (Å²) in [4.78, 5) is 20.2. The predicted molar refractivity (Wildman–Crippen MR) is 118 cm³/mol. The molecule has 0 unspecified atom stereocenters. The van der Waals surface area contributed by atoms with Crippen LogP contribution < -0.4 is 10.9 Å². The highest BCUT2D eigenvalue weighted by atomic mass is 32.2. The van der Waals surface area contributed by atoms with Crippen LogP contribution in [0.15, 0.2) is 44.5 Å². The van der Waals surface area contributed by atoms with E-state index in [1.54, 1.807) is 24.3 Å². The number of fused-ring (bicyclic) bond motifs is 1. The molecule has 2 aliphatic heterocycles. The Morgan fingerprint density at radius 1 is 1.16 bits per heavy atom. The van der Waals surface area contributed by atoms with Crippen LogP contribution in [0.4, 0.5) is 0 Å². The molecule has 0 radical (unpaired) electrons. The van der Waals surface area contributed by atoms with Gasteiger partial charge in [0.25, 0.3) is 5.56 Å². The van der Waals surface area contributed by atoms with Crippen LogP contribution in [0, 0.1) is 6.92 Å². The number of aryl methyl sites for hydroxylation is 1. The Morgan fingerprint density at radius 2 is 1.91 bits per heavy atom. The van der Waals surface area contributed by atoms with Crippen molar-refractivity contribution in [3.8, 4) is 11.4 Å². The van der Waals surface area contributed by atoms with Gasteiger partial charge in [0, 0.05) is 44.2 Å². The second-order valence-corrected chi connectivity index (χ2v) is 10.3. The molecule has 1 aromatic carbocycles. The van der Waals surface area contributed by atoms with Gasteiger partial charge in [-0.05, 0) is 43.5 Å². The Labute approximate surface area is 185 Å². The van der Waals surface area contributed by atoms with Gasteiger partial charge < -0.3 is 14.8 Å². The summed E-state index contributed by atoms with van der Waals surface area (Å²) in [6.45, 7) is 4.22. The van der Waals surface area contributed by atoms with E-state index in [2.05, 4.69) is 20.4 Å². The first kappa shape index (κ1) is 21.0. The topological polar surface area (TPSA) is 121 Å². The summed E-state index contributed by atoms with van der Waals surface area (Å²) < 4.78 is 32.8. The maximum Gasteiger partial charge on any atom is 0.259 e. The largest absolute Gasteiger partial charge is 0.339 e. The summed E-state index contributed by atoms with van der Waals surface area (Å²) in [6.07, 6.45) is 1.95. The number of aromatic amines is 1. The van der Waals surface area contributed by atoms with Gasteiger partial charge in [-0.2, -0.15) is 9.29 Å². The number of sulfonamides is 1. The van der Waals surface area contributed by atoms with Crippen molar-refractivity contribution in [2.45, 2.75) is 43.5 Å². The minimum Gasteiger partial charge on any atom is -0.339 e. The molecule has 1 fully saturated rings. The molecule has 0 saturated carbocycles. The summed E-state index contributed by atoms with van der Waals surface area (Å²) in [5.74, 6) is 0.672. The molecule has 3 aromatic rings. The summed E-state index contributed by atoms with van der Waals surface area (Å²) >= 11 is 0. The van der Waals surface area contributed by atoms with Crippen molar-refractivity contribution < 1.29 is 12.9 Å². The molecule has 5 rings (SSSR count). The number of H-pyrrole nitrogens is 1. The van der Waals surface area contributed by atoms with E-state index in [1.807, 2.05) is 13.0 Å². The number of pyridine rings is 1. The highest BCUT2D eigenvalue weighted by Crippen LogP contribution is 2.31. The number of aromatic nitrogens is 3. The Hall–Kier alpha value is -2.82. The van der Waals surface area contributed by atoms with E-state index in [0.29, 0.717) is 48.8 Å². The quantitative estimate of drug-likeness (QED) is 0.617. The molecule has 10 heteroatoms.